The molecule has 0 aliphatic rings. The molecule has 0 saturated carbocycles. The molecule has 1 aromatic carbocycles. The van der Waals surface area contributed by atoms with E-state index in [1.165, 1.54) is 34.8 Å². The predicted octanol–water partition coefficient (Wildman–Crippen LogP) is 1.55. The van der Waals surface area contributed by atoms with E-state index < -0.39 is 10.0 Å². The number of thiazole rings is 1. The number of hydrogen-bond donors (Lipinski definition) is 1. The Labute approximate surface area is 110 Å². The van der Waals surface area contributed by atoms with Crippen LogP contribution in [0.25, 0.3) is 0 Å². The summed E-state index contributed by atoms with van der Waals surface area (Å²) in [6.45, 7) is 0.260. The second-order valence-electron chi connectivity index (χ2n) is 3.81. The average molecular weight is 283 g/mol. The van der Waals surface area contributed by atoms with Gasteiger partial charge in [-0.15, -0.1) is 11.3 Å². The summed E-state index contributed by atoms with van der Waals surface area (Å²) in [5, 5.41) is 1.83. The number of sulfonamides is 1. The zero-order valence-corrected chi connectivity index (χ0v) is 11.4. The van der Waals surface area contributed by atoms with Crippen LogP contribution in [-0.4, -0.2) is 24.8 Å². The van der Waals surface area contributed by atoms with E-state index in [0.29, 0.717) is 5.69 Å². The van der Waals surface area contributed by atoms with E-state index in [1.807, 2.05) is 5.38 Å². The van der Waals surface area contributed by atoms with E-state index in [-0.39, 0.29) is 11.4 Å². The van der Waals surface area contributed by atoms with Gasteiger partial charge in [0.1, 0.15) is 0 Å². The van der Waals surface area contributed by atoms with E-state index in [9.17, 15) is 8.42 Å². The fourth-order valence-electron chi connectivity index (χ4n) is 1.45. The third-order valence-corrected chi connectivity index (χ3v) is 4.91. The van der Waals surface area contributed by atoms with Crippen LogP contribution < -0.4 is 5.73 Å². The molecule has 0 radical (unpaired) electrons. The van der Waals surface area contributed by atoms with Crippen LogP contribution in [0.5, 0.6) is 0 Å². The molecule has 18 heavy (non-hydrogen) atoms. The van der Waals surface area contributed by atoms with Gasteiger partial charge in [-0.25, -0.2) is 13.4 Å². The van der Waals surface area contributed by atoms with Gasteiger partial charge in [-0.05, 0) is 24.3 Å². The standard InChI is InChI=1S/C11H13N3O2S2/c1-14(6-10-7-17-8-13-10)18(15,16)11-4-2-9(12)3-5-11/h2-5,7-8H,6,12H2,1H3. The molecule has 0 aliphatic carbocycles. The van der Waals surface area contributed by atoms with Crippen LogP contribution in [-0.2, 0) is 16.6 Å². The second-order valence-corrected chi connectivity index (χ2v) is 6.57. The van der Waals surface area contributed by atoms with Gasteiger partial charge in [0.2, 0.25) is 10.0 Å². The Kier molecular flexibility index (Phi) is 3.65. The third kappa shape index (κ3) is 2.69. The van der Waals surface area contributed by atoms with Gasteiger partial charge < -0.3 is 5.73 Å². The number of nitrogens with two attached hydrogens (primary N) is 1. The quantitative estimate of drug-likeness (QED) is 0.864. The summed E-state index contributed by atoms with van der Waals surface area (Å²) in [5.41, 5.74) is 8.49. The van der Waals surface area contributed by atoms with Crippen LogP contribution in [0.15, 0.2) is 40.1 Å². The highest BCUT2D eigenvalue weighted by molar-refractivity contribution is 7.89. The highest BCUT2D eigenvalue weighted by Gasteiger charge is 2.21. The second kappa shape index (κ2) is 5.05. The Morgan fingerprint density at radius 1 is 1.33 bits per heavy atom. The van der Waals surface area contributed by atoms with E-state index in [0.717, 1.165) is 5.69 Å². The summed E-state index contributed by atoms with van der Waals surface area (Å²) in [7, 11) is -1.96. The first-order valence-corrected chi connectivity index (χ1v) is 7.57. The Balaban J connectivity index is 2.22. The van der Waals surface area contributed by atoms with Gasteiger partial charge in [0.15, 0.2) is 0 Å². The molecular formula is C11H13N3O2S2. The molecular weight excluding hydrogens is 270 g/mol. The van der Waals surface area contributed by atoms with E-state index >= 15 is 0 Å². The largest absolute Gasteiger partial charge is 0.399 e. The first-order valence-electron chi connectivity index (χ1n) is 5.19. The third-order valence-electron chi connectivity index (χ3n) is 2.46. The highest BCUT2D eigenvalue weighted by Crippen LogP contribution is 2.17. The van der Waals surface area contributed by atoms with E-state index in [2.05, 4.69) is 4.98 Å². The molecule has 1 aromatic heterocycles. The molecule has 2 N–H and O–H groups in total. The van der Waals surface area contributed by atoms with Crippen molar-refractivity contribution in [2.24, 2.45) is 0 Å². The van der Waals surface area contributed by atoms with Crippen LogP contribution in [0.4, 0.5) is 5.69 Å². The Morgan fingerprint density at radius 3 is 2.56 bits per heavy atom. The number of aromatic nitrogens is 1. The lowest BCUT2D eigenvalue weighted by Gasteiger charge is -2.16. The van der Waals surface area contributed by atoms with Crippen LogP contribution in [0, 0.1) is 0 Å². The number of hydrogen-bond acceptors (Lipinski definition) is 5. The first kappa shape index (κ1) is 13.0. The SMILES string of the molecule is CN(Cc1cscn1)S(=O)(=O)c1ccc(N)cc1. The average Bonchev–Trinajstić information content (AvgIpc) is 2.82. The molecule has 7 heteroatoms. The lowest BCUT2D eigenvalue weighted by molar-refractivity contribution is 0.463. The maximum atomic E-state index is 12.2. The van der Waals surface area contributed by atoms with E-state index in [1.54, 1.807) is 17.6 Å². The molecule has 0 atom stereocenters. The minimum absolute atomic E-state index is 0.231. The van der Waals surface area contributed by atoms with Crippen molar-refractivity contribution in [3.8, 4) is 0 Å². The molecule has 0 fully saturated rings. The molecule has 0 amide bonds. The molecule has 96 valence electrons. The number of rotatable bonds is 4. The smallest absolute Gasteiger partial charge is 0.243 e. The van der Waals surface area contributed by atoms with Crippen LogP contribution >= 0.6 is 11.3 Å². The normalized spacial score (nSPS) is 11.9. The maximum Gasteiger partial charge on any atom is 0.243 e. The molecule has 5 nitrogen and oxygen atoms in total. The van der Waals surface area contributed by atoms with E-state index in [4.69, 9.17) is 5.73 Å². The predicted molar refractivity (Wildman–Crippen MR) is 71.6 cm³/mol. The minimum Gasteiger partial charge on any atom is -0.399 e. The Morgan fingerprint density at radius 2 is 2.00 bits per heavy atom. The molecule has 2 rings (SSSR count). The summed E-state index contributed by atoms with van der Waals surface area (Å²) in [6.07, 6.45) is 0. The fraction of sp³-hybridized carbons (Fsp3) is 0.182. The van der Waals surface area contributed by atoms with Gasteiger partial charge in [0.05, 0.1) is 22.6 Å². The number of nitrogen functional groups attached to an aromatic ring is 1. The summed E-state index contributed by atoms with van der Waals surface area (Å²) in [5.74, 6) is 0. The Bertz CT molecular complexity index is 606. The molecule has 0 saturated heterocycles. The van der Waals surface area contributed by atoms with Crippen molar-refractivity contribution in [1.82, 2.24) is 9.29 Å². The molecule has 0 unspecified atom stereocenters. The molecule has 0 spiro atoms. The fourth-order valence-corrected chi connectivity index (χ4v) is 3.14. The lowest BCUT2D eigenvalue weighted by Crippen LogP contribution is -2.26. The molecule has 0 aliphatic heterocycles. The van der Waals surface area contributed by atoms with Crippen molar-refractivity contribution in [2.75, 3.05) is 12.8 Å². The summed E-state index contributed by atoms with van der Waals surface area (Å²) in [6, 6.07) is 6.15. The summed E-state index contributed by atoms with van der Waals surface area (Å²) < 4.78 is 25.7. The van der Waals surface area contributed by atoms with Gasteiger partial charge in [-0.2, -0.15) is 4.31 Å². The van der Waals surface area contributed by atoms with Gasteiger partial charge >= 0.3 is 0 Å². The van der Waals surface area contributed by atoms with Crippen molar-refractivity contribution < 1.29 is 8.42 Å². The number of anilines is 1. The van der Waals surface area contributed by atoms with Crippen LogP contribution in [0.3, 0.4) is 0 Å². The molecule has 2 aromatic rings. The van der Waals surface area contributed by atoms with Crippen molar-refractivity contribution in [2.45, 2.75) is 11.4 Å². The monoisotopic (exact) mass is 283 g/mol. The minimum atomic E-state index is -3.49. The number of nitrogens with zero attached hydrogens (tertiary/aromatic N) is 2. The Hall–Kier alpha value is -1.44. The van der Waals surface area contributed by atoms with Crippen LogP contribution in [0.1, 0.15) is 5.69 Å². The lowest BCUT2D eigenvalue weighted by atomic mass is 10.3. The molecule has 0 bridgehead atoms. The number of benzene rings is 1. The van der Waals surface area contributed by atoms with Gasteiger partial charge in [-0.1, -0.05) is 0 Å². The van der Waals surface area contributed by atoms with Crippen molar-refractivity contribution >= 4 is 27.0 Å². The van der Waals surface area contributed by atoms with Gasteiger partial charge in [0.25, 0.3) is 0 Å². The van der Waals surface area contributed by atoms with Gasteiger partial charge in [0, 0.05) is 18.1 Å². The summed E-state index contributed by atoms with van der Waals surface area (Å²) in [4.78, 5) is 4.30. The summed E-state index contributed by atoms with van der Waals surface area (Å²) >= 11 is 1.44. The topological polar surface area (TPSA) is 76.3 Å². The van der Waals surface area contributed by atoms with Crippen molar-refractivity contribution in [3.63, 3.8) is 0 Å². The maximum absolute atomic E-state index is 12.2. The van der Waals surface area contributed by atoms with Crippen molar-refractivity contribution in [3.05, 3.63) is 40.8 Å². The first-order chi connectivity index (χ1) is 8.50. The highest BCUT2D eigenvalue weighted by atomic mass is 32.2. The zero-order chi connectivity index (χ0) is 13.2. The van der Waals surface area contributed by atoms with Gasteiger partial charge in [-0.3, -0.25) is 0 Å². The molecule has 1 heterocycles. The van der Waals surface area contributed by atoms with Crippen LogP contribution in [0.2, 0.25) is 0 Å². The zero-order valence-electron chi connectivity index (χ0n) is 9.78. The van der Waals surface area contributed by atoms with Crippen molar-refractivity contribution in [1.29, 1.82) is 0 Å².